The summed E-state index contributed by atoms with van der Waals surface area (Å²) >= 11 is 1.31. The standard InChI is InChI=1S/C24H16OS/c25-22(26-21-7-2-1-3-8-21)15-16-13-19-11-9-17-5-4-6-18-10-12-20(14-16)24(19)23(17)18/h1-14H,15H2. The molecule has 5 aromatic rings. The molecule has 0 atom stereocenters. The third-order valence-corrected chi connectivity index (χ3v) is 5.73. The summed E-state index contributed by atoms with van der Waals surface area (Å²) in [6.07, 6.45) is 0.441. The Labute approximate surface area is 156 Å². The van der Waals surface area contributed by atoms with E-state index in [1.807, 2.05) is 30.3 Å². The summed E-state index contributed by atoms with van der Waals surface area (Å²) in [5.74, 6) is 0. The Morgan fingerprint density at radius 3 is 1.88 bits per heavy atom. The fraction of sp³-hybridized carbons (Fsp3) is 0.0417. The molecule has 0 aliphatic rings. The topological polar surface area (TPSA) is 17.1 Å². The van der Waals surface area contributed by atoms with Crippen molar-refractivity contribution in [3.8, 4) is 0 Å². The second-order valence-corrected chi connectivity index (χ2v) is 7.72. The van der Waals surface area contributed by atoms with Crippen LogP contribution in [0.15, 0.2) is 89.8 Å². The summed E-state index contributed by atoms with van der Waals surface area (Å²) in [6.45, 7) is 0. The Balaban J connectivity index is 1.56. The number of hydrogen-bond donors (Lipinski definition) is 0. The molecule has 0 N–H and O–H groups in total. The maximum atomic E-state index is 12.5. The van der Waals surface area contributed by atoms with Gasteiger partial charge in [-0.05, 0) is 50.0 Å². The van der Waals surface area contributed by atoms with Gasteiger partial charge < -0.3 is 0 Å². The van der Waals surface area contributed by atoms with Crippen LogP contribution < -0.4 is 0 Å². The monoisotopic (exact) mass is 352 g/mol. The molecule has 0 aliphatic carbocycles. The van der Waals surface area contributed by atoms with E-state index >= 15 is 0 Å². The highest BCUT2D eigenvalue weighted by Gasteiger charge is 2.11. The van der Waals surface area contributed by atoms with Gasteiger partial charge in [0.25, 0.3) is 0 Å². The maximum Gasteiger partial charge on any atom is 0.198 e. The minimum absolute atomic E-state index is 0.170. The van der Waals surface area contributed by atoms with Crippen molar-refractivity contribution < 1.29 is 4.79 Å². The highest BCUT2D eigenvalue weighted by atomic mass is 32.2. The first kappa shape index (κ1) is 15.4. The van der Waals surface area contributed by atoms with Crippen LogP contribution in [0.3, 0.4) is 0 Å². The molecule has 0 fully saturated rings. The minimum atomic E-state index is 0.170. The fourth-order valence-corrected chi connectivity index (χ4v) is 4.54. The zero-order chi connectivity index (χ0) is 17.5. The molecule has 1 nitrogen and oxygen atoms in total. The molecule has 0 saturated carbocycles. The van der Waals surface area contributed by atoms with E-state index < -0.39 is 0 Å². The van der Waals surface area contributed by atoms with Gasteiger partial charge in [-0.25, -0.2) is 0 Å². The summed E-state index contributed by atoms with van der Waals surface area (Å²) in [5.41, 5.74) is 1.07. The van der Waals surface area contributed by atoms with Gasteiger partial charge in [0.2, 0.25) is 0 Å². The summed E-state index contributed by atoms with van der Waals surface area (Å²) in [5, 5.41) is 7.74. The zero-order valence-corrected chi connectivity index (χ0v) is 14.9. The number of benzene rings is 5. The van der Waals surface area contributed by atoms with Crippen molar-refractivity contribution in [2.75, 3.05) is 0 Å². The van der Waals surface area contributed by atoms with E-state index in [0.717, 1.165) is 10.5 Å². The Bertz CT molecular complexity index is 1180. The first-order valence-electron chi connectivity index (χ1n) is 8.70. The Hall–Kier alpha value is -2.84. The SMILES string of the molecule is O=C(Cc1cc2ccc3cccc4ccc(c1)c2c34)Sc1ccccc1. The maximum absolute atomic E-state index is 12.5. The van der Waals surface area contributed by atoms with Crippen LogP contribution in [0.2, 0.25) is 0 Å². The van der Waals surface area contributed by atoms with Crippen molar-refractivity contribution in [3.63, 3.8) is 0 Å². The van der Waals surface area contributed by atoms with E-state index in [4.69, 9.17) is 0 Å². The van der Waals surface area contributed by atoms with Crippen LogP contribution in [-0.2, 0) is 11.2 Å². The Morgan fingerprint density at radius 2 is 1.23 bits per heavy atom. The molecule has 0 spiro atoms. The molecule has 5 aromatic carbocycles. The van der Waals surface area contributed by atoms with Gasteiger partial charge in [0, 0.05) is 11.3 Å². The van der Waals surface area contributed by atoms with Gasteiger partial charge in [-0.1, -0.05) is 84.6 Å². The largest absolute Gasteiger partial charge is 0.286 e. The van der Waals surface area contributed by atoms with Gasteiger partial charge in [-0.15, -0.1) is 0 Å². The number of rotatable bonds is 3. The lowest BCUT2D eigenvalue weighted by Crippen LogP contribution is -1.98. The second-order valence-electron chi connectivity index (χ2n) is 6.59. The summed E-state index contributed by atoms with van der Waals surface area (Å²) < 4.78 is 0. The average molecular weight is 352 g/mol. The molecule has 0 aliphatic heterocycles. The van der Waals surface area contributed by atoms with Crippen LogP contribution >= 0.6 is 11.8 Å². The van der Waals surface area contributed by atoms with Gasteiger partial charge >= 0.3 is 0 Å². The fourth-order valence-electron chi connectivity index (χ4n) is 3.74. The van der Waals surface area contributed by atoms with Crippen LogP contribution in [0, 0.1) is 0 Å². The summed E-state index contributed by atoms with van der Waals surface area (Å²) in [7, 11) is 0. The second kappa shape index (κ2) is 6.15. The third-order valence-electron chi connectivity index (χ3n) is 4.85. The molecule has 0 radical (unpaired) electrons. The molecule has 26 heavy (non-hydrogen) atoms. The van der Waals surface area contributed by atoms with E-state index in [2.05, 4.69) is 54.6 Å². The van der Waals surface area contributed by atoms with Gasteiger partial charge in [0.1, 0.15) is 0 Å². The van der Waals surface area contributed by atoms with Crippen LogP contribution in [-0.4, -0.2) is 5.12 Å². The smallest absolute Gasteiger partial charge is 0.198 e. The average Bonchev–Trinajstić information content (AvgIpc) is 2.66. The number of thioether (sulfide) groups is 1. The Kier molecular flexibility index (Phi) is 3.65. The van der Waals surface area contributed by atoms with Gasteiger partial charge in [-0.2, -0.15) is 0 Å². The molecule has 2 heteroatoms. The molecule has 0 aromatic heterocycles. The van der Waals surface area contributed by atoms with Crippen LogP contribution in [0.25, 0.3) is 32.3 Å². The van der Waals surface area contributed by atoms with Crippen LogP contribution in [0.5, 0.6) is 0 Å². The number of hydrogen-bond acceptors (Lipinski definition) is 2. The zero-order valence-electron chi connectivity index (χ0n) is 14.1. The summed E-state index contributed by atoms with van der Waals surface area (Å²) in [6, 6.07) is 29.3. The van der Waals surface area contributed by atoms with Crippen molar-refractivity contribution in [1.29, 1.82) is 0 Å². The molecule has 124 valence electrons. The van der Waals surface area contributed by atoms with Crippen molar-refractivity contribution in [3.05, 3.63) is 90.5 Å². The lowest BCUT2D eigenvalue weighted by molar-refractivity contribution is -0.110. The van der Waals surface area contributed by atoms with E-state index in [1.165, 1.54) is 44.1 Å². The molecular weight excluding hydrogens is 336 g/mol. The predicted molar refractivity (Wildman–Crippen MR) is 111 cm³/mol. The van der Waals surface area contributed by atoms with E-state index in [9.17, 15) is 4.79 Å². The molecule has 0 unspecified atom stereocenters. The first-order valence-corrected chi connectivity index (χ1v) is 9.52. The molecule has 0 bridgehead atoms. The van der Waals surface area contributed by atoms with E-state index in [-0.39, 0.29) is 5.12 Å². The molecule has 5 rings (SSSR count). The lowest BCUT2D eigenvalue weighted by Gasteiger charge is -2.12. The van der Waals surface area contributed by atoms with Crippen molar-refractivity contribution in [1.82, 2.24) is 0 Å². The quantitative estimate of drug-likeness (QED) is 0.274. The van der Waals surface area contributed by atoms with Gasteiger partial charge in [0.15, 0.2) is 5.12 Å². The normalized spacial score (nSPS) is 11.5. The summed E-state index contributed by atoms with van der Waals surface area (Å²) in [4.78, 5) is 13.5. The number of carbonyl (C=O) groups excluding carboxylic acids is 1. The predicted octanol–water partition coefficient (Wildman–Crippen LogP) is 6.45. The number of carbonyl (C=O) groups is 1. The van der Waals surface area contributed by atoms with Crippen molar-refractivity contribution in [2.24, 2.45) is 0 Å². The highest BCUT2D eigenvalue weighted by molar-refractivity contribution is 8.13. The van der Waals surface area contributed by atoms with E-state index in [0.29, 0.717) is 6.42 Å². The lowest BCUT2D eigenvalue weighted by atomic mass is 9.92. The highest BCUT2D eigenvalue weighted by Crippen LogP contribution is 2.35. The van der Waals surface area contributed by atoms with Gasteiger partial charge in [0.05, 0.1) is 0 Å². The van der Waals surface area contributed by atoms with Crippen molar-refractivity contribution >= 4 is 49.2 Å². The third kappa shape index (κ3) is 2.63. The van der Waals surface area contributed by atoms with Crippen LogP contribution in [0.1, 0.15) is 5.56 Å². The molecule has 0 saturated heterocycles. The molecule has 0 amide bonds. The minimum Gasteiger partial charge on any atom is -0.286 e. The van der Waals surface area contributed by atoms with Crippen molar-refractivity contribution in [2.45, 2.75) is 11.3 Å². The first-order chi connectivity index (χ1) is 12.8. The van der Waals surface area contributed by atoms with Crippen LogP contribution in [0.4, 0.5) is 0 Å². The Morgan fingerprint density at radius 1 is 0.654 bits per heavy atom. The molecule has 0 heterocycles. The van der Waals surface area contributed by atoms with E-state index in [1.54, 1.807) is 0 Å². The molecular formula is C24H16OS. The van der Waals surface area contributed by atoms with Gasteiger partial charge in [-0.3, -0.25) is 4.79 Å².